The Hall–Kier alpha value is -1.34. The Morgan fingerprint density at radius 3 is 2.50 bits per heavy atom. The number of ether oxygens (including phenoxy) is 1. The van der Waals surface area contributed by atoms with Crippen molar-refractivity contribution in [3.8, 4) is 5.75 Å². The van der Waals surface area contributed by atoms with Crippen LogP contribution in [-0.2, 0) is 0 Å². The van der Waals surface area contributed by atoms with Gasteiger partial charge in [0.1, 0.15) is 0 Å². The number of benzene rings is 1. The van der Waals surface area contributed by atoms with Crippen molar-refractivity contribution in [2.45, 2.75) is 32.2 Å². The Balaban J connectivity index is 2.19. The quantitative estimate of drug-likeness (QED) is 0.841. The van der Waals surface area contributed by atoms with E-state index in [-0.39, 0.29) is 6.04 Å². The second-order valence-corrected chi connectivity index (χ2v) is 5.33. The molecule has 0 bridgehead atoms. The van der Waals surface area contributed by atoms with Crippen LogP contribution in [0.5, 0.6) is 5.75 Å². The molecular weight excluding hydrogens is 300 g/mol. The summed E-state index contributed by atoms with van der Waals surface area (Å²) in [5.74, 6) is -1.77. The average molecular weight is 320 g/mol. The smallest absolute Gasteiger partial charge is 0.403 e. The van der Waals surface area contributed by atoms with E-state index >= 15 is 0 Å². The van der Waals surface area contributed by atoms with Crippen LogP contribution >= 0.6 is 0 Å². The first-order valence-corrected chi connectivity index (χ1v) is 7.40. The summed E-state index contributed by atoms with van der Waals surface area (Å²) in [5.41, 5.74) is 0.691. The van der Waals surface area contributed by atoms with E-state index in [0.717, 1.165) is 51.2 Å². The lowest BCUT2D eigenvalue weighted by Gasteiger charge is -2.35. The molecule has 1 atom stereocenters. The van der Waals surface area contributed by atoms with Crippen LogP contribution < -0.4 is 10.1 Å². The van der Waals surface area contributed by atoms with Gasteiger partial charge < -0.3 is 10.1 Å². The topological polar surface area (TPSA) is 24.5 Å². The Kier molecular flexibility index (Phi) is 5.63. The molecule has 2 rings (SSSR count). The minimum absolute atomic E-state index is 0.0153. The molecule has 0 saturated carbocycles. The van der Waals surface area contributed by atoms with Gasteiger partial charge in [0.25, 0.3) is 0 Å². The lowest BCUT2D eigenvalue weighted by Crippen LogP contribution is -2.45. The number of alkyl halides is 3. The lowest BCUT2D eigenvalue weighted by atomic mass is 9.99. The maximum Gasteiger partial charge on any atom is 0.573 e. The fourth-order valence-electron chi connectivity index (χ4n) is 2.76. The van der Waals surface area contributed by atoms with Gasteiger partial charge in [-0.25, -0.2) is 4.39 Å². The summed E-state index contributed by atoms with van der Waals surface area (Å²) in [6, 6.07) is 3.75. The van der Waals surface area contributed by atoms with Gasteiger partial charge in [-0.15, -0.1) is 13.2 Å². The van der Waals surface area contributed by atoms with Gasteiger partial charge in [0.15, 0.2) is 11.6 Å². The van der Waals surface area contributed by atoms with E-state index in [9.17, 15) is 17.6 Å². The number of hydrogen-bond acceptors (Lipinski definition) is 3. The molecule has 1 aromatic rings. The maximum atomic E-state index is 13.9. The molecule has 0 amide bonds. The van der Waals surface area contributed by atoms with E-state index in [0.29, 0.717) is 5.56 Å². The van der Waals surface area contributed by atoms with Crippen LogP contribution in [0, 0.1) is 5.82 Å². The van der Waals surface area contributed by atoms with Gasteiger partial charge in [0.05, 0.1) is 0 Å². The number of rotatable bonds is 5. The van der Waals surface area contributed by atoms with Crippen LogP contribution in [0.3, 0.4) is 0 Å². The van der Waals surface area contributed by atoms with Crippen molar-refractivity contribution < 1.29 is 22.3 Å². The highest BCUT2D eigenvalue weighted by Gasteiger charge is 2.32. The number of nitrogens with one attached hydrogen (secondary N) is 1. The summed E-state index contributed by atoms with van der Waals surface area (Å²) in [7, 11) is 0. The van der Waals surface area contributed by atoms with Crippen LogP contribution in [0.15, 0.2) is 18.2 Å². The molecular formula is C15H20F4N2O. The van der Waals surface area contributed by atoms with Crippen LogP contribution in [0.1, 0.15) is 31.4 Å². The largest absolute Gasteiger partial charge is 0.573 e. The first-order chi connectivity index (χ1) is 10.4. The van der Waals surface area contributed by atoms with Crippen LogP contribution in [-0.4, -0.2) is 37.4 Å². The first kappa shape index (κ1) is 17.0. The minimum atomic E-state index is -4.89. The lowest BCUT2D eigenvalue weighted by molar-refractivity contribution is -0.275. The summed E-state index contributed by atoms with van der Waals surface area (Å²) in [4.78, 5) is 2.24. The summed E-state index contributed by atoms with van der Waals surface area (Å²) >= 11 is 0. The molecule has 0 spiro atoms. The van der Waals surface area contributed by atoms with Gasteiger partial charge in [0, 0.05) is 32.2 Å². The van der Waals surface area contributed by atoms with Crippen molar-refractivity contribution in [3.63, 3.8) is 0 Å². The summed E-state index contributed by atoms with van der Waals surface area (Å²) in [5, 5.41) is 3.25. The van der Waals surface area contributed by atoms with E-state index in [4.69, 9.17) is 0 Å². The standard InChI is InChI=1S/C15H20F4N2O/c1-2-3-13(21-8-6-20-7-9-21)11-4-5-14(12(16)10-11)22-15(17,18)19/h4-5,10,13,20H,2-3,6-9H2,1H3/t13-/m1/s1. The molecule has 1 aliphatic rings. The van der Waals surface area contributed by atoms with Gasteiger partial charge in [-0.2, -0.15) is 0 Å². The Bertz CT molecular complexity index is 487. The molecule has 0 aliphatic carbocycles. The highest BCUT2D eigenvalue weighted by molar-refractivity contribution is 5.31. The van der Waals surface area contributed by atoms with Crippen molar-refractivity contribution >= 4 is 0 Å². The van der Waals surface area contributed by atoms with Gasteiger partial charge in [-0.1, -0.05) is 19.4 Å². The highest BCUT2D eigenvalue weighted by Crippen LogP contribution is 2.31. The first-order valence-electron chi connectivity index (χ1n) is 7.40. The van der Waals surface area contributed by atoms with Crippen molar-refractivity contribution in [2.75, 3.05) is 26.2 Å². The van der Waals surface area contributed by atoms with Crippen molar-refractivity contribution in [1.29, 1.82) is 0 Å². The normalized spacial score (nSPS) is 18.2. The molecule has 3 nitrogen and oxygen atoms in total. The van der Waals surface area contributed by atoms with E-state index in [2.05, 4.69) is 15.0 Å². The molecule has 0 radical (unpaired) electrons. The Labute approximate surface area is 127 Å². The van der Waals surface area contributed by atoms with E-state index < -0.39 is 17.9 Å². The zero-order valence-corrected chi connectivity index (χ0v) is 12.4. The van der Waals surface area contributed by atoms with Crippen molar-refractivity contribution in [3.05, 3.63) is 29.6 Å². The zero-order chi connectivity index (χ0) is 16.2. The summed E-state index contributed by atoms with van der Waals surface area (Å²) in [6.07, 6.45) is -3.14. The molecule has 1 N–H and O–H groups in total. The van der Waals surface area contributed by atoms with E-state index in [1.807, 2.05) is 6.92 Å². The molecule has 1 heterocycles. The third-order valence-electron chi connectivity index (χ3n) is 3.72. The summed E-state index contributed by atoms with van der Waals surface area (Å²) < 4.78 is 54.1. The molecule has 7 heteroatoms. The third-order valence-corrected chi connectivity index (χ3v) is 3.72. The number of piperazine rings is 1. The van der Waals surface area contributed by atoms with Crippen molar-refractivity contribution in [2.24, 2.45) is 0 Å². The predicted octanol–water partition coefficient (Wildman–Crippen LogP) is 3.47. The number of hydrogen-bond donors (Lipinski definition) is 1. The van der Waals surface area contributed by atoms with Gasteiger partial charge >= 0.3 is 6.36 Å². The van der Waals surface area contributed by atoms with Crippen LogP contribution in [0.2, 0.25) is 0 Å². The molecule has 1 fully saturated rings. The Morgan fingerprint density at radius 2 is 1.95 bits per heavy atom. The Morgan fingerprint density at radius 1 is 1.27 bits per heavy atom. The zero-order valence-electron chi connectivity index (χ0n) is 12.4. The second kappa shape index (κ2) is 7.28. The van der Waals surface area contributed by atoms with E-state index in [1.165, 1.54) is 6.07 Å². The molecule has 1 aromatic carbocycles. The highest BCUT2D eigenvalue weighted by atomic mass is 19.4. The molecule has 1 saturated heterocycles. The predicted molar refractivity (Wildman–Crippen MR) is 75.2 cm³/mol. The second-order valence-electron chi connectivity index (χ2n) is 5.33. The van der Waals surface area contributed by atoms with Gasteiger partial charge in [-0.05, 0) is 24.1 Å². The van der Waals surface area contributed by atoms with Crippen molar-refractivity contribution in [1.82, 2.24) is 10.2 Å². The average Bonchev–Trinajstić information content (AvgIpc) is 2.47. The molecule has 1 aliphatic heterocycles. The molecule has 124 valence electrons. The number of nitrogens with zero attached hydrogens (tertiary/aromatic N) is 1. The van der Waals surface area contributed by atoms with Gasteiger partial charge in [-0.3, -0.25) is 4.90 Å². The maximum absolute atomic E-state index is 13.9. The molecule has 22 heavy (non-hydrogen) atoms. The third kappa shape index (κ3) is 4.58. The van der Waals surface area contributed by atoms with Crippen LogP contribution in [0.4, 0.5) is 17.6 Å². The molecule has 0 aromatic heterocycles. The van der Waals surface area contributed by atoms with Gasteiger partial charge in [0.2, 0.25) is 0 Å². The monoisotopic (exact) mass is 320 g/mol. The summed E-state index contributed by atoms with van der Waals surface area (Å²) in [6.45, 7) is 5.43. The fraction of sp³-hybridized carbons (Fsp3) is 0.600. The SMILES string of the molecule is CCC[C@H](c1ccc(OC(F)(F)F)c(F)c1)N1CCNCC1. The number of halogens is 4. The fourth-order valence-corrected chi connectivity index (χ4v) is 2.76. The minimum Gasteiger partial charge on any atom is -0.403 e. The van der Waals surface area contributed by atoms with Crippen LogP contribution in [0.25, 0.3) is 0 Å². The van der Waals surface area contributed by atoms with E-state index in [1.54, 1.807) is 0 Å². The molecule has 0 unspecified atom stereocenters.